The van der Waals surface area contributed by atoms with Crippen molar-refractivity contribution in [2.24, 2.45) is 0 Å². The fourth-order valence-corrected chi connectivity index (χ4v) is 1.12. The molecule has 0 rings (SSSR count). The molecule has 1 atom stereocenters. The Morgan fingerprint density at radius 3 is 2.67 bits per heavy atom. The molecule has 70 valence electrons. The Labute approximate surface area is 74.9 Å². The summed E-state index contributed by atoms with van der Waals surface area (Å²) in [5, 5.41) is 8.73. The van der Waals surface area contributed by atoms with Gasteiger partial charge in [-0.05, 0) is 19.9 Å². The molecular weight excluding hydrogens is 152 g/mol. The van der Waals surface area contributed by atoms with Crippen molar-refractivity contribution < 1.29 is 4.74 Å². The quantitative estimate of drug-likeness (QED) is 0.563. The van der Waals surface area contributed by atoms with Crippen LogP contribution in [-0.2, 0) is 4.74 Å². The summed E-state index contributed by atoms with van der Waals surface area (Å²) < 4.78 is 4.93. The summed E-state index contributed by atoms with van der Waals surface area (Å²) >= 11 is 0. The summed E-state index contributed by atoms with van der Waals surface area (Å²) in [7, 11) is 3.68. The van der Waals surface area contributed by atoms with E-state index in [1.807, 2.05) is 14.0 Å². The zero-order valence-corrected chi connectivity index (χ0v) is 8.21. The van der Waals surface area contributed by atoms with Gasteiger partial charge in [-0.3, -0.25) is 4.90 Å². The standard InChI is InChI=1S/C9H18N2O/c1-4-9(8-10)11(2)6-5-7-12-3/h9H,4-7H2,1-3H3. The Kier molecular flexibility index (Phi) is 6.73. The van der Waals surface area contributed by atoms with Gasteiger partial charge >= 0.3 is 0 Å². The van der Waals surface area contributed by atoms with Crippen LogP contribution in [0.2, 0.25) is 0 Å². The second-order valence-electron chi connectivity index (χ2n) is 2.88. The molecule has 0 aliphatic heterocycles. The summed E-state index contributed by atoms with van der Waals surface area (Å²) in [4.78, 5) is 2.07. The van der Waals surface area contributed by atoms with Crippen molar-refractivity contribution >= 4 is 0 Å². The third kappa shape index (κ3) is 4.32. The second kappa shape index (κ2) is 7.08. The van der Waals surface area contributed by atoms with Crippen LogP contribution in [0, 0.1) is 11.3 Å². The average Bonchev–Trinajstić information content (AvgIpc) is 2.07. The van der Waals surface area contributed by atoms with Gasteiger partial charge < -0.3 is 4.74 Å². The summed E-state index contributed by atoms with van der Waals surface area (Å²) in [6.07, 6.45) is 1.88. The van der Waals surface area contributed by atoms with Gasteiger partial charge in [0.2, 0.25) is 0 Å². The Morgan fingerprint density at radius 1 is 1.58 bits per heavy atom. The number of hydrogen-bond donors (Lipinski definition) is 0. The minimum atomic E-state index is 0.0573. The highest BCUT2D eigenvalue weighted by Crippen LogP contribution is 2.00. The SMILES string of the molecule is CCC(C#N)N(C)CCCOC. The predicted molar refractivity (Wildman–Crippen MR) is 48.8 cm³/mol. The minimum absolute atomic E-state index is 0.0573. The third-order valence-electron chi connectivity index (χ3n) is 1.93. The van der Waals surface area contributed by atoms with Crippen LogP contribution in [-0.4, -0.2) is 38.3 Å². The summed E-state index contributed by atoms with van der Waals surface area (Å²) in [6, 6.07) is 2.32. The van der Waals surface area contributed by atoms with Crippen molar-refractivity contribution in [3.8, 4) is 6.07 Å². The molecular formula is C9H18N2O. The summed E-state index contributed by atoms with van der Waals surface area (Å²) in [5.74, 6) is 0. The van der Waals surface area contributed by atoms with Crippen molar-refractivity contribution in [2.45, 2.75) is 25.8 Å². The lowest BCUT2D eigenvalue weighted by atomic mass is 10.2. The first-order chi connectivity index (χ1) is 5.76. The first-order valence-electron chi connectivity index (χ1n) is 4.35. The normalized spacial score (nSPS) is 12.9. The molecule has 3 nitrogen and oxygen atoms in total. The van der Waals surface area contributed by atoms with Gasteiger partial charge in [0.25, 0.3) is 0 Å². The smallest absolute Gasteiger partial charge is 0.0972 e. The first kappa shape index (κ1) is 11.4. The second-order valence-corrected chi connectivity index (χ2v) is 2.88. The number of nitriles is 1. The molecule has 0 aliphatic rings. The van der Waals surface area contributed by atoms with Gasteiger partial charge in [-0.25, -0.2) is 0 Å². The number of methoxy groups -OCH3 is 1. The lowest BCUT2D eigenvalue weighted by Gasteiger charge is -2.20. The molecule has 0 bridgehead atoms. The molecule has 0 amide bonds. The number of hydrogen-bond acceptors (Lipinski definition) is 3. The molecule has 0 fully saturated rings. The largest absolute Gasteiger partial charge is 0.385 e. The van der Waals surface area contributed by atoms with Crippen molar-refractivity contribution in [1.82, 2.24) is 4.90 Å². The summed E-state index contributed by atoms with van der Waals surface area (Å²) in [5.41, 5.74) is 0. The van der Waals surface area contributed by atoms with Crippen LogP contribution in [0.1, 0.15) is 19.8 Å². The van der Waals surface area contributed by atoms with Crippen molar-refractivity contribution in [1.29, 1.82) is 5.26 Å². The van der Waals surface area contributed by atoms with E-state index in [0.717, 1.165) is 26.0 Å². The highest BCUT2D eigenvalue weighted by Gasteiger charge is 2.09. The van der Waals surface area contributed by atoms with Crippen molar-refractivity contribution in [3.05, 3.63) is 0 Å². The van der Waals surface area contributed by atoms with Gasteiger partial charge in [0.15, 0.2) is 0 Å². The Hall–Kier alpha value is -0.590. The maximum atomic E-state index is 8.73. The molecule has 0 spiro atoms. The van der Waals surface area contributed by atoms with E-state index in [2.05, 4.69) is 11.0 Å². The number of nitrogens with zero attached hydrogens (tertiary/aromatic N) is 2. The fourth-order valence-electron chi connectivity index (χ4n) is 1.12. The van der Waals surface area contributed by atoms with E-state index in [1.54, 1.807) is 7.11 Å². The Balaban J connectivity index is 3.56. The van der Waals surface area contributed by atoms with E-state index in [9.17, 15) is 0 Å². The lowest BCUT2D eigenvalue weighted by Crippen LogP contribution is -2.31. The maximum Gasteiger partial charge on any atom is 0.0972 e. The molecule has 0 aliphatic carbocycles. The zero-order chi connectivity index (χ0) is 9.40. The van der Waals surface area contributed by atoms with Gasteiger partial charge in [0.1, 0.15) is 0 Å². The number of rotatable bonds is 6. The highest BCUT2D eigenvalue weighted by molar-refractivity contribution is 4.89. The molecule has 0 radical (unpaired) electrons. The topological polar surface area (TPSA) is 36.3 Å². The minimum Gasteiger partial charge on any atom is -0.385 e. The van der Waals surface area contributed by atoms with Crippen molar-refractivity contribution in [2.75, 3.05) is 27.3 Å². The Morgan fingerprint density at radius 2 is 2.25 bits per heavy atom. The molecule has 0 heterocycles. The molecule has 0 saturated heterocycles. The molecule has 12 heavy (non-hydrogen) atoms. The molecule has 0 N–H and O–H groups in total. The number of ether oxygens (including phenoxy) is 1. The van der Waals surface area contributed by atoms with E-state index in [1.165, 1.54) is 0 Å². The molecule has 0 saturated carbocycles. The van der Waals surface area contributed by atoms with Crippen molar-refractivity contribution in [3.63, 3.8) is 0 Å². The van der Waals surface area contributed by atoms with Gasteiger partial charge in [0.05, 0.1) is 12.1 Å². The molecule has 3 heteroatoms. The molecule has 0 aromatic heterocycles. The van der Waals surface area contributed by atoms with E-state index >= 15 is 0 Å². The predicted octanol–water partition coefficient (Wildman–Crippen LogP) is 1.26. The van der Waals surface area contributed by atoms with Crippen LogP contribution in [0.3, 0.4) is 0 Å². The average molecular weight is 170 g/mol. The highest BCUT2D eigenvalue weighted by atomic mass is 16.5. The van der Waals surface area contributed by atoms with Gasteiger partial charge in [-0.2, -0.15) is 5.26 Å². The van der Waals surface area contributed by atoms with Crippen LogP contribution < -0.4 is 0 Å². The van der Waals surface area contributed by atoms with Crippen LogP contribution in [0.4, 0.5) is 0 Å². The Bertz CT molecular complexity index is 142. The maximum absolute atomic E-state index is 8.73. The van der Waals surface area contributed by atoms with Crippen LogP contribution in [0.25, 0.3) is 0 Å². The van der Waals surface area contributed by atoms with E-state index in [-0.39, 0.29) is 6.04 Å². The van der Waals surface area contributed by atoms with E-state index < -0.39 is 0 Å². The molecule has 0 aromatic rings. The fraction of sp³-hybridized carbons (Fsp3) is 0.889. The van der Waals surface area contributed by atoms with Gasteiger partial charge in [-0.15, -0.1) is 0 Å². The zero-order valence-electron chi connectivity index (χ0n) is 8.21. The van der Waals surface area contributed by atoms with E-state index in [0.29, 0.717) is 0 Å². The van der Waals surface area contributed by atoms with Crippen LogP contribution in [0.5, 0.6) is 0 Å². The summed E-state index contributed by atoms with van der Waals surface area (Å²) in [6.45, 7) is 3.73. The third-order valence-corrected chi connectivity index (χ3v) is 1.93. The van der Waals surface area contributed by atoms with Crippen LogP contribution in [0.15, 0.2) is 0 Å². The van der Waals surface area contributed by atoms with E-state index in [4.69, 9.17) is 10.00 Å². The molecule has 1 unspecified atom stereocenters. The van der Waals surface area contributed by atoms with Gasteiger partial charge in [-0.1, -0.05) is 6.92 Å². The first-order valence-corrected chi connectivity index (χ1v) is 4.35. The van der Waals surface area contributed by atoms with Crippen LogP contribution >= 0.6 is 0 Å². The monoisotopic (exact) mass is 170 g/mol. The lowest BCUT2D eigenvalue weighted by molar-refractivity contribution is 0.173. The van der Waals surface area contributed by atoms with Gasteiger partial charge in [0, 0.05) is 20.3 Å². The molecule has 0 aromatic carbocycles.